The fourth-order valence-electron chi connectivity index (χ4n) is 4.04. The van der Waals surface area contributed by atoms with E-state index >= 15 is 0 Å². The van der Waals surface area contributed by atoms with Gasteiger partial charge in [-0.1, -0.05) is 0 Å². The number of ether oxygens (including phenoxy) is 1. The van der Waals surface area contributed by atoms with Gasteiger partial charge in [-0.05, 0) is 36.4 Å². The number of hydrogen-bond donors (Lipinski definition) is 0. The van der Waals surface area contributed by atoms with E-state index in [1.54, 1.807) is 17.2 Å². The third kappa shape index (κ3) is 4.79. The van der Waals surface area contributed by atoms with E-state index in [4.69, 9.17) is 14.4 Å². The Hall–Kier alpha value is -4.10. The first-order chi connectivity index (χ1) is 16.7. The van der Waals surface area contributed by atoms with Crippen LogP contribution in [0.25, 0.3) is 11.5 Å². The summed E-state index contributed by atoms with van der Waals surface area (Å²) in [7, 11) is 0. The van der Waals surface area contributed by atoms with E-state index < -0.39 is 0 Å². The number of aromatic nitrogens is 2. The van der Waals surface area contributed by atoms with Crippen molar-refractivity contribution in [2.45, 2.75) is 19.4 Å². The third-order valence-corrected chi connectivity index (χ3v) is 5.83. The molecule has 0 spiro atoms. The molecule has 1 saturated heterocycles. The number of hydrogen-bond acceptors (Lipinski definition) is 9. The Bertz CT molecular complexity index is 1240. The van der Waals surface area contributed by atoms with Crippen molar-refractivity contribution in [3.8, 4) is 17.5 Å². The Morgan fingerprint density at radius 1 is 1.12 bits per heavy atom. The minimum atomic E-state index is -0.168. The Balaban J connectivity index is 1.28. The molecule has 1 aromatic carbocycles. The number of carbonyl (C=O) groups is 1. The van der Waals surface area contributed by atoms with Crippen LogP contribution in [0.4, 0.5) is 17.3 Å². The number of nitrogens with zero attached hydrogens (tertiary/aromatic N) is 7. The van der Waals surface area contributed by atoms with Gasteiger partial charge in [0.1, 0.15) is 17.9 Å². The first-order valence-electron chi connectivity index (χ1n) is 11.1. The summed E-state index contributed by atoms with van der Waals surface area (Å²) in [5.74, 6) is 1.49. The van der Waals surface area contributed by atoms with Crippen LogP contribution in [0.15, 0.2) is 57.2 Å². The Morgan fingerprint density at radius 2 is 1.94 bits per heavy atom. The molecule has 0 saturated carbocycles. The van der Waals surface area contributed by atoms with Crippen LogP contribution < -0.4 is 4.90 Å². The van der Waals surface area contributed by atoms with Gasteiger partial charge in [0.2, 0.25) is 5.91 Å². The van der Waals surface area contributed by atoms with Crippen molar-refractivity contribution in [2.24, 2.45) is 10.2 Å². The van der Waals surface area contributed by atoms with Gasteiger partial charge >= 0.3 is 0 Å². The molecule has 4 heterocycles. The maximum atomic E-state index is 12.0. The van der Waals surface area contributed by atoms with Gasteiger partial charge in [0.15, 0.2) is 5.76 Å². The normalized spacial score (nSPS) is 15.9. The number of furan rings is 1. The molecule has 1 amide bonds. The lowest BCUT2D eigenvalue weighted by Crippen LogP contribution is -2.36. The first kappa shape index (κ1) is 21.7. The van der Waals surface area contributed by atoms with Crippen molar-refractivity contribution in [3.63, 3.8) is 0 Å². The zero-order chi connectivity index (χ0) is 23.3. The van der Waals surface area contributed by atoms with Crippen molar-refractivity contribution >= 4 is 23.2 Å². The molecule has 10 heteroatoms. The molecule has 2 aliphatic heterocycles. The summed E-state index contributed by atoms with van der Waals surface area (Å²) in [6.07, 6.45) is 2.10. The average Bonchev–Trinajstić information content (AvgIpc) is 3.32. The summed E-state index contributed by atoms with van der Waals surface area (Å²) in [6.45, 7) is 4.21. The fraction of sp³-hybridized carbons (Fsp3) is 0.333. The molecule has 2 aliphatic rings. The van der Waals surface area contributed by atoms with E-state index in [1.165, 1.54) is 0 Å². The van der Waals surface area contributed by atoms with Crippen LogP contribution >= 0.6 is 0 Å². The Kier molecular flexibility index (Phi) is 6.27. The van der Waals surface area contributed by atoms with Crippen molar-refractivity contribution in [3.05, 3.63) is 53.9 Å². The monoisotopic (exact) mass is 457 g/mol. The number of azo groups is 1. The van der Waals surface area contributed by atoms with Crippen LogP contribution in [0.5, 0.6) is 0 Å². The van der Waals surface area contributed by atoms with Crippen molar-refractivity contribution in [2.75, 3.05) is 37.7 Å². The second-order valence-electron chi connectivity index (χ2n) is 8.02. The van der Waals surface area contributed by atoms with Gasteiger partial charge in [-0.25, -0.2) is 9.97 Å². The second kappa shape index (κ2) is 9.80. The summed E-state index contributed by atoms with van der Waals surface area (Å²) in [5, 5.41) is 17.2. The topological polar surface area (TPSA) is 120 Å². The maximum absolute atomic E-state index is 12.0. The highest BCUT2D eigenvalue weighted by Crippen LogP contribution is 2.29. The van der Waals surface area contributed by atoms with E-state index in [9.17, 15) is 4.79 Å². The standard InChI is InChI=1S/C24H23N7O3/c25-8-5-23(32)31-10-7-21-17(16-31)15-22(34-21)20-6-9-26-24(27-20)29-28-18-1-3-19(4-2-18)30-11-13-33-14-12-30/h1-4,6,9,15H,5,7,10-14,16H2. The largest absolute Gasteiger partial charge is 0.459 e. The zero-order valence-electron chi connectivity index (χ0n) is 18.6. The van der Waals surface area contributed by atoms with Crippen LogP contribution in [-0.4, -0.2) is 53.6 Å². The second-order valence-corrected chi connectivity index (χ2v) is 8.02. The molecule has 10 nitrogen and oxygen atoms in total. The van der Waals surface area contributed by atoms with Gasteiger partial charge in [-0.2, -0.15) is 5.26 Å². The first-order valence-corrected chi connectivity index (χ1v) is 11.1. The number of fused-ring (bicyclic) bond motifs is 1. The zero-order valence-corrected chi connectivity index (χ0v) is 18.6. The summed E-state index contributed by atoms with van der Waals surface area (Å²) >= 11 is 0. The van der Waals surface area contributed by atoms with E-state index in [1.807, 2.05) is 36.4 Å². The molecule has 0 N–H and O–H groups in total. The molecule has 0 aliphatic carbocycles. The molecule has 5 rings (SSSR count). The predicted octanol–water partition coefficient (Wildman–Crippen LogP) is 3.79. The predicted molar refractivity (Wildman–Crippen MR) is 123 cm³/mol. The molecular weight excluding hydrogens is 434 g/mol. The van der Waals surface area contributed by atoms with E-state index in [2.05, 4.69) is 25.1 Å². The van der Waals surface area contributed by atoms with Crippen molar-refractivity contribution < 1.29 is 13.9 Å². The Labute approximate surface area is 196 Å². The lowest BCUT2D eigenvalue weighted by molar-refractivity contribution is -0.131. The minimum absolute atomic E-state index is 0.115. The lowest BCUT2D eigenvalue weighted by atomic mass is 10.1. The van der Waals surface area contributed by atoms with E-state index in [0.29, 0.717) is 36.7 Å². The molecule has 2 aromatic heterocycles. The number of morpholine rings is 1. The smallest absolute Gasteiger partial charge is 0.269 e. The molecular formula is C24H23N7O3. The molecule has 172 valence electrons. The molecule has 0 bridgehead atoms. The summed E-state index contributed by atoms with van der Waals surface area (Å²) < 4.78 is 11.4. The number of rotatable bonds is 5. The molecule has 1 fully saturated rings. The van der Waals surface area contributed by atoms with Crippen molar-refractivity contribution in [1.82, 2.24) is 14.9 Å². The van der Waals surface area contributed by atoms with Crippen LogP contribution in [-0.2, 0) is 22.5 Å². The molecule has 3 aromatic rings. The number of amides is 1. The van der Waals surface area contributed by atoms with E-state index in [0.717, 1.165) is 43.3 Å². The fourth-order valence-corrected chi connectivity index (χ4v) is 4.04. The van der Waals surface area contributed by atoms with Gasteiger partial charge in [-0.15, -0.1) is 10.2 Å². The number of benzene rings is 1. The minimum Gasteiger partial charge on any atom is -0.459 e. The number of carbonyl (C=O) groups excluding carboxylic acids is 1. The van der Waals surface area contributed by atoms with Gasteiger partial charge in [-0.3, -0.25) is 4.79 Å². The molecule has 0 radical (unpaired) electrons. The summed E-state index contributed by atoms with van der Waals surface area (Å²) in [6, 6.07) is 13.4. The molecule has 0 unspecified atom stereocenters. The highest BCUT2D eigenvalue weighted by atomic mass is 16.5. The lowest BCUT2D eigenvalue weighted by Gasteiger charge is -2.28. The van der Waals surface area contributed by atoms with Crippen LogP contribution in [0.3, 0.4) is 0 Å². The van der Waals surface area contributed by atoms with E-state index in [-0.39, 0.29) is 18.3 Å². The third-order valence-electron chi connectivity index (χ3n) is 5.83. The molecule has 34 heavy (non-hydrogen) atoms. The highest BCUT2D eigenvalue weighted by Gasteiger charge is 2.24. The van der Waals surface area contributed by atoms with Gasteiger partial charge in [0, 0.05) is 50.0 Å². The quantitative estimate of drug-likeness (QED) is 0.535. The Morgan fingerprint density at radius 3 is 2.74 bits per heavy atom. The van der Waals surface area contributed by atoms with Crippen LogP contribution in [0, 0.1) is 11.3 Å². The van der Waals surface area contributed by atoms with Gasteiger partial charge in [0.25, 0.3) is 5.95 Å². The maximum Gasteiger partial charge on any atom is 0.269 e. The average molecular weight is 457 g/mol. The van der Waals surface area contributed by atoms with Crippen LogP contribution in [0.2, 0.25) is 0 Å². The molecule has 0 atom stereocenters. The SMILES string of the molecule is N#CCC(=O)N1CCc2oc(-c3ccnc(N=Nc4ccc(N5CCOCC5)cc4)n3)cc2C1. The van der Waals surface area contributed by atoms with Gasteiger partial charge in [0.05, 0.1) is 25.0 Å². The number of anilines is 1. The highest BCUT2D eigenvalue weighted by molar-refractivity contribution is 5.78. The van der Waals surface area contributed by atoms with Crippen molar-refractivity contribution in [1.29, 1.82) is 5.26 Å². The summed E-state index contributed by atoms with van der Waals surface area (Å²) in [4.78, 5) is 24.6. The number of nitriles is 1. The van der Waals surface area contributed by atoms with Gasteiger partial charge < -0.3 is 19.0 Å². The summed E-state index contributed by atoms with van der Waals surface area (Å²) in [5.41, 5.74) is 3.36. The van der Waals surface area contributed by atoms with Crippen LogP contribution in [0.1, 0.15) is 17.7 Å².